The molecular formula is C27H37N3O2. The predicted octanol–water partition coefficient (Wildman–Crippen LogP) is 5.52. The summed E-state index contributed by atoms with van der Waals surface area (Å²) in [5, 5.41) is 5.79. The van der Waals surface area contributed by atoms with Crippen LogP contribution in [0.3, 0.4) is 0 Å². The van der Waals surface area contributed by atoms with Gasteiger partial charge in [0.05, 0.1) is 0 Å². The number of nitrogens with one attached hydrogen (secondary N) is 2. The maximum atomic E-state index is 12.2. The average Bonchev–Trinajstić information content (AvgIpc) is 2.79. The lowest BCUT2D eigenvalue weighted by molar-refractivity contribution is 0.101. The van der Waals surface area contributed by atoms with Gasteiger partial charge in [-0.3, -0.25) is 4.79 Å². The number of carbonyl (C=O) groups excluding carboxylic acids is 2. The van der Waals surface area contributed by atoms with Gasteiger partial charge in [-0.15, -0.1) is 0 Å². The van der Waals surface area contributed by atoms with Crippen LogP contribution in [0.15, 0.2) is 54.6 Å². The third kappa shape index (κ3) is 7.49. The van der Waals surface area contributed by atoms with Crippen molar-refractivity contribution in [3.63, 3.8) is 0 Å². The molecule has 0 aliphatic carbocycles. The molecule has 2 unspecified atom stereocenters. The first-order chi connectivity index (χ1) is 15.5. The van der Waals surface area contributed by atoms with Gasteiger partial charge in [-0.2, -0.15) is 0 Å². The smallest absolute Gasteiger partial charge is 0.319 e. The predicted molar refractivity (Wildman–Crippen MR) is 131 cm³/mol. The first-order valence-electron chi connectivity index (χ1n) is 12.0. The number of likely N-dealkylation sites (tertiary alicyclic amines) is 1. The fraction of sp³-hybridized carbons (Fsp3) is 0.481. The molecule has 1 heterocycles. The molecule has 1 saturated heterocycles. The Bertz CT molecular complexity index is 868. The van der Waals surface area contributed by atoms with Crippen molar-refractivity contribution >= 4 is 17.5 Å². The summed E-state index contributed by atoms with van der Waals surface area (Å²) in [4.78, 5) is 26.4. The first-order valence-corrected chi connectivity index (χ1v) is 12.0. The van der Waals surface area contributed by atoms with Crippen LogP contribution in [0.1, 0.15) is 61.9 Å². The van der Waals surface area contributed by atoms with E-state index >= 15 is 0 Å². The van der Waals surface area contributed by atoms with E-state index in [9.17, 15) is 9.59 Å². The van der Waals surface area contributed by atoms with Gasteiger partial charge in [-0.1, -0.05) is 49.4 Å². The van der Waals surface area contributed by atoms with Crippen LogP contribution in [0.2, 0.25) is 0 Å². The zero-order valence-corrected chi connectivity index (χ0v) is 19.5. The Balaban J connectivity index is 1.44. The highest BCUT2D eigenvalue weighted by atomic mass is 16.2. The number of anilines is 1. The number of rotatable bonds is 10. The van der Waals surface area contributed by atoms with Gasteiger partial charge < -0.3 is 15.5 Å². The van der Waals surface area contributed by atoms with Crippen molar-refractivity contribution < 1.29 is 9.59 Å². The molecule has 0 spiro atoms. The van der Waals surface area contributed by atoms with E-state index in [0.29, 0.717) is 23.8 Å². The standard InChI is InChI=1S/C27H37N3O2/c1-3-16-30-17-14-23(18-22-9-5-4-6-10-22)19-26(30)13-8-15-28-27(32)29-25-12-7-11-24(20-25)21(2)31/h4-7,9-12,20,23,26H,3,8,13-19H2,1-2H3,(H2,28,29,32). The van der Waals surface area contributed by atoms with Crippen LogP contribution in [0.4, 0.5) is 10.5 Å². The van der Waals surface area contributed by atoms with Gasteiger partial charge in [0, 0.05) is 23.8 Å². The van der Waals surface area contributed by atoms with Crippen molar-refractivity contribution in [2.45, 2.75) is 58.4 Å². The Morgan fingerprint density at radius 2 is 1.91 bits per heavy atom. The van der Waals surface area contributed by atoms with Gasteiger partial charge >= 0.3 is 6.03 Å². The van der Waals surface area contributed by atoms with E-state index in [2.05, 4.69) is 52.8 Å². The van der Waals surface area contributed by atoms with Gasteiger partial charge in [0.2, 0.25) is 0 Å². The van der Waals surface area contributed by atoms with E-state index in [4.69, 9.17) is 0 Å². The summed E-state index contributed by atoms with van der Waals surface area (Å²) in [7, 11) is 0. The molecule has 3 rings (SSSR count). The first kappa shape index (κ1) is 24.0. The number of amides is 2. The lowest BCUT2D eigenvalue weighted by Gasteiger charge is -2.40. The average molecular weight is 436 g/mol. The number of nitrogens with zero attached hydrogens (tertiary/aromatic N) is 1. The molecule has 2 atom stereocenters. The SMILES string of the molecule is CCCN1CCC(Cc2ccccc2)CC1CCCNC(=O)Nc1cccc(C(C)=O)c1. The van der Waals surface area contributed by atoms with Crippen LogP contribution in [0, 0.1) is 5.92 Å². The van der Waals surface area contributed by atoms with E-state index < -0.39 is 0 Å². The number of ketones is 1. The van der Waals surface area contributed by atoms with Gasteiger partial charge in [-0.25, -0.2) is 4.79 Å². The van der Waals surface area contributed by atoms with E-state index in [1.54, 1.807) is 24.3 Å². The molecule has 2 N–H and O–H groups in total. The summed E-state index contributed by atoms with van der Waals surface area (Å²) in [5.74, 6) is 0.726. The second-order valence-corrected chi connectivity index (χ2v) is 8.93. The maximum Gasteiger partial charge on any atom is 0.319 e. The Morgan fingerprint density at radius 1 is 1.09 bits per heavy atom. The van der Waals surface area contributed by atoms with Crippen LogP contribution >= 0.6 is 0 Å². The lowest BCUT2D eigenvalue weighted by atomic mass is 9.84. The Kier molecular flexibility index (Phi) is 9.29. The topological polar surface area (TPSA) is 61.4 Å². The summed E-state index contributed by atoms with van der Waals surface area (Å²) >= 11 is 0. The lowest BCUT2D eigenvalue weighted by Crippen LogP contribution is -2.43. The maximum absolute atomic E-state index is 12.2. The Labute approximate surface area is 192 Å². The molecule has 0 radical (unpaired) electrons. The van der Waals surface area contributed by atoms with Crippen LogP contribution in [0.5, 0.6) is 0 Å². The third-order valence-corrected chi connectivity index (χ3v) is 6.35. The van der Waals surface area contributed by atoms with Crippen molar-refractivity contribution in [3.8, 4) is 0 Å². The number of hydrogen-bond donors (Lipinski definition) is 2. The highest BCUT2D eigenvalue weighted by molar-refractivity contribution is 5.96. The van der Waals surface area contributed by atoms with Gasteiger partial charge in [0.1, 0.15) is 0 Å². The van der Waals surface area contributed by atoms with Crippen molar-refractivity contribution in [3.05, 3.63) is 65.7 Å². The third-order valence-electron chi connectivity index (χ3n) is 6.35. The molecule has 5 heteroatoms. The van der Waals surface area contributed by atoms with E-state index in [-0.39, 0.29) is 11.8 Å². The fourth-order valence-electron chi connectivity index (χ4n) is 4.73. The molecule has 1 fully saturated rings. The molecule has 172 valence electrons. The molecule has 0 saturated carbocycles. The number of benzene rings is 2. The summed E-state index contributed by atoms with van der Waals surface area (Å²) in [6, 6.07) is 18.2. The highest BCUT2D eigenvalue weighted by Gasteiger charge is 2.27. The summed E-state index contributed by atoms with van der Waals surface area (Å²) in [6.45, 7) is 6.76. The Morgan fingerprint density at radius 3 is 2.66 bits per heavy atom. The fourth-order valence-corrected chi connectivity index (χ4v) is 4.73. The normalized spacial score (nSPS) is 18.8. The van der Waals surface area contributed by atoms with Crippen LogP contribution < -0.4 is 10.6 Å². The van der Waals surface area contributed by atoms with Crippen molar-refractivity contribution in [2.24, 2.45) is 5.92 Å². The van der Waals surface area contributed by atoms with Gasteiger partial charge in [0.15, 0.2) is 5.78 Å². The van der Waals surface area contributed by atoms with E-state index in [1.165, 1.54) is 38.3 Å². The van der Waals surface area contributed by atoms with Crippen LogP contribution in [-0.2, 0) is 6.42 Å². The quantitative estimate of drug-likeness (QED) is 0.381. The molecule has 2 amide bonds. The molecule has 0 bridgehead atoms. The van der Waals surface area contributed by atoms with Crippen molar-refractivity contribution in [1.82, 2.24) is 10.2 Å². The number of hydrogen-bond acceptors (Lipinski definition) is 3. The largest absolute Gasteiger partial charge is 0.338 e. The molecule has 2 aromatic rings. The number of Topliss-reactive ketones (excluding diaryl/α,β-unsaturated/α-hetero) is 1. The van der Waals surface area contributed by atoms with E-state index in [1.807, 2.05) is 0 Å². The van der Waals surface area contributed by atoms with Gasteiger partial charge in [-0.05, 0) is 82.2 Å². The van der Waals surface area contributed by atoms with Gasteiger partial charge in [0.25, 0.3) is 0 Å². The summed E-state index contributed by atoms with van der Waals surface area (Å²) in [5.41, 5.74) is 2.67. The minimum atomic E-state index is -0.221. The van der Waals surface area contributed by atoms with E-state index in [0.717, 1.165) is 31.7 Å². The molecule has 1 aliphatic heterocycles. The minimum Gasteiger partial charge on any atom is -0.338 e. The number of piperidine rings is 1. The molecule has 32 heavy (non-hydrogen) atoms. The monoisotopic (exact) mass is 435 g/mol. The highest BCUT2D eigenvalue weighted by Crippen LogP contribution is 2.28. The second-order valence-electron chi connectivity index (χ2n) is 8.93. The van der Waals surface area contributed by atoms with Crippen LogP contribution in [0.25, 0.3) is 0 Å². The van der Waals surface area contributed by atoms with Crippen molar-refractivity contribution in [2.75, 3.05) is 25.0 Å². The second kappa shape index (κ2) is 12.4. The number of urea groups is 1. The molecule has 5 nitrogen and oxygen atoms in total. The molecule has 1 aliphatic rings. The zero-order valence-electron chi connectivity index (χ0n) is 19.5. The molecule has 2 aromatic carbocycles. The number of carbonyl (C=O) groups is 2. The Hall–Kier alpha value is -2.66. The van der Waals surface area contributed by atoms with Crippen molar-refractivity contribution in [1.29, 1.82) is 0 Å². The summed E-state index contributed by atoms with van der Waals surface area (Å²) in [6.07, 6.45) is 6.91. The summed E-state index contributed by atoms with van der Waals surface area (Å²) < 4.78 is 0. The minimum absolute atomic E-state index is 0.0104. The molecule has 0 aromatic heterocycles. The molecular weight excluding hydrogens is 398 g/mol. The van der Waals surface area contributed by atoms with Crippen LogP contribution in [-0.4, -0.2) is 42.4 Å². The zero-order chi connectivity index (χ0) is 22.8.